The Balaban J connectivity index is 0.000000179. The Morgan fingerprint density at radius 1 is 1.03 bits per heavy atom. The number of Topliss-reactive ketones (excluding diaryl/α,β-unsaturated/α-hetero) is 1. The highest BCUT2D eigenvalue weighted by atomic mass is 16.6. The zero-order valence-corrected chi connectivity index (χ0v) is 17.0. The molecule has 0 saturated heterocycles. The Bertz CT molecular complexity index is 1150. The highest BCUT2D eigenvalue weighted by Crippen LogP contribution is 2.36. The van der Waals surface area contributed by atoms with Crippen molar-refractivity contribution in [3.05, 3.63) is 84.5 Å². The molecule has 0 amide bonds. The molecule has 1 atom stereocenters. The zero-order chi connectivity index (χ0) is 22.9. The maximum atomic E-state index is 11.5. The van der Waals surface area contributed by atoms with Gasteiger partial charge in [-0.15, -0.1) is 0 Å². The second-order valence-electron chi connectivity index (χ2n) is 7.67. The van der Waals surface area contributed by atoms with Crippen molar-refractivity contribution in [1.82, 2.24) is 0 Å². The maximum Gasteiger partial charge on any atom is 0.307 e. The van der Waals surface area contributed by atoms with Gasteiger partial charge in [0.15, 0.2) is 5.78 Å². The summed E-state index contributed by atoms with van der Waals surface area (Å²) >= 11 is 0. The standard InChI is InChI=1S/C12H11NO4.C10H9NO3/c1-7-4-8-2-3-9(13(16)17)5-11(8)10(7)6-12(14)15;1-6-4-7-2-3-8(11(13)14)5-9(7)10(6)12/h2-3,5H,4,6H2,1H3,(H,14,15);2-3,5-6H,4H2,1H3. The summed E-state index contributed by atoms with van der Waals surface area (Å²) in [6.45, 7) is 3.71. The molecule has 0 fully saturated rings. The summed E-state index contributed by atoms with van der Waals surface area (Å²) in [5.41, 5.74) is 4.79. The molecule has 2 aromatic carbocycles. The maximum absolute atomic E-state index is 11.5. The predicted octanol–water partition coefficient (Wildman–Crippen LogP) is 4.37. The van der Waals surface area contributed by atoms with Crippen LogP contribution in [-0.4, -0.2) is 26.7 Å². The summed E-state index contributed by atoms with van der Waals surface area (Å²) in [6, 6.07) is 9.12. The number of ketones is 1. The third kappa shape index (κ3) is 4.50. The van der Waals surface area contributed by atoms with E-state index in [1.165, 1.54) is 24.3 Å². The first kappa shape index (κ1) is 21.8. The number of rotatable bonds is 4. The van der Waals surface area contributed by atoms with Crippen LogP contribution in [0.1, 0.15) is 47.3 Å². The summed E-state index contributed by atoms with van der Waals surface area (Å²) in [5.74, 6) is -0.936. The van der Waals surface area contributed by atoms with E-state index in [1.807, 2.05) is 13.8 Å². The molecule has 0 spiro atoms. The van der Waals surface area contributed by atoms with Gasteiger partial charge in [0.25, 0.3) is 11.4 Å². The zero-order valence-electron chi connectivity index (χ0n) is 17.0. The van der Waals surface area contributed by atoms with Gasteiger partial charge in [-0.1, -0.05) is 24.6 Å². The fourth-order valence-electron chi connectivity index (χ4n) is 3.91. The van der Waals surface area contributed by atoms with E-state index in [9.17, 15) is 29.8 Å². The lowest BCUT2D eigenvalue weighted by molar-refractivity contribution is -0.385. The van der Waals surface area contributed by atoms with E-state index in [1.54, 1.807) is 12.1 Å². The van der Waals surface area contributed by atoms with Crippen LogP contribution < -0.4 is 0 Å². The van der Waals surface area contributed by atoms with Crippen LogP contribution in [0.5, 0.6) is 0 Å². The Kier molecular flexibility index (Phi) is 5.96. The number of hydrogen-bond donors (Lipinski definition) is 1. The number of aliphatic carboxylic acids is 1. The molecule has 0 radical (unpaired) electrons. The van der Waals surface area contributed by atoms with Crippen LogP contribution in [0.15, 0.2) is 42.0 Å². The molecule has 0 bridgehead atoms. The first-order valence-corrected chi connectivity index (χ1v) is 9.58. The number of carboxylic acids is 1. The highest BCUT2D eigenvalue weighted by Gasteiger charge is 2.28. The van der Waals surface area contributed by atoms with E-state index in [4.69, 9.17) is 5.11 Å². The summed E-state index contributed by atoms with van der Waals surface area (Å²) in [6.07, 6.45) is 1.29. The number of non-ortho nitro benzene ring substituents is 2. The fourth-order valence-corrected chi connectivity index (χ4v) is 3.91. The third-order valence-corrected chi connectivity index (χ3v) is 5.47. The number of fused-ring (bicyclic) bond motifs is 2. The summed E-state index contributed by atoms with van der Waals surface area (Å²) in [7, 11) is 0. The number of nitro benzene ring substituents is 2. The number of carboxylic acid groups (broad SMARTS) is 1. The Hall–Kier alpha value is -3.88. The van der Waals surface area contributed by atoms with Crippen molar-refractivity contribution in [3.63, 3.8) is 0 Å². The number of nitrogens with zero attached hydrogens (tertiary/aromatic N) is 2. The predicted molar refractivity (Wildman–Crippen MR) is 112 cm³/mol. The van der Waals surface area contributed by atoms with Gasteiger partial charge in [0.2, 0.25) is 0 Å². The number of carbonyl (C=O) groups is 2. The first-order valence-electron chi connectivity index (χ1n) is 9.58. The van der Waals surface area contributed by atoms with Gasteiger partial charge in [0.05, 0.1) is 16.3 Å². The number of hydrogen-bond acceptors (Lipinski definition) is 6. The van der Waals surface area contributed by atoms with Crippen LogP contribution in [0, 0.1) is 26.1 Å². The SMILES string of the molecule is CC1=C(CC(=O)O)c2cc([N+](=O)[O-])ccc2C1.CC1Cc2ccc([N+](=O)[O-])cc2C1=O. The minimum atomic E-state index is -0.918. The number of carbonyl (C=O) groups excluding carboxylic acids is 1. The summed E-state index contributed by atoms with van der Waals surface area (Å²) < 4.78 is 0. The average Bonchev–Trinajstić information content (AvgIpc) is 3.17. The smallest absolute Gasteiger partial charge is 0.307 e. The molecule has 160 valence electrons. The van der Waals surface area contributed by atoms with Crippen molar-refractivity contribution in [2.24, 2.45) is 5.92 Å². The van der Waals surface area contributed by atoms with Crippen molar-refractivity contribution in [1.29, 1.82) is 0 Å². The Labute approximate surface area is 177 Å². The van der Waals surface area contributed by atoms with E-state index in [2.05, 4.69) is 0 Å². The van der Waals surface area contributed by atoms with Gasteiger partial charge in [-0.05, 0) is 42.0 Å². The fraction of sp³-hybridized carbons (Fsp3) is 0.273. The lowest BCUT2D eigenvalue weighted by Gasteiger charge is -2.03. The molecule has 0 saturated carbocycles. The largest absolute Gasteiger partial charge is 0.481 e. The summed E-state index contributed by atoms with van der Waals surface area (Å²) in [5, 5.41) is 30.0. The third-order valence-electron chi connectivity index (χ3n) is 5.47. The molecular formula is C22H20N2O7. The number of nitro groups is 2. The molecule has 0 aromatic heterocycles. The van der Waals surface area contributed by atoms with Crippen molar-refractivity contribution in [2.75, 3.05) is 0 Å². The number of benzene rings is 2. The van der Waals surface area contributed by atoms with Gasteiger partial charge in [0.1, 0.15) is 0 Å². The van der Waals surface area contributed by atoms with Crippen LogP contribution in [0.25, 0.3) is 5.57 Å². The molecule has 1 N–H and O–H groups in total. The molecule has 1 unspecified atom stereocenters. The van der Waals surface area contributed by atoms with Crippen LogP contribution in [0.2, 0.25) is 0 Å². The Morgan fingerprint density at radius 3 is 2.13 bits per heavy atom. The van der Waals surface area contributed by atoms with Gasteiger partial charge < -0.3 is 5.11 Å². The van der Waals surface area contributed by atoms with Gasteiger partial charge in [-0.2, -0.15) is 0 Å². The van der Waals surface area contributed by atoms with Crippen molar-refractivity contribution in [2.45, 2.75) is 33.1 Å². The first-order chi connectivity index (χ1) is 14.6. The molecule has 9 heteroatoms. The van der Waals surface area contributed by atoms with Crippen molar-refractivity contribution < 1.29 is 24.5 Å². The second-order valence-corrected chi connectivity index (χ2v) is 7.67. The minimum absolute atomic E-state index is 0.00124. The van der Waals surface area contributed by atoms with Gasteiger partial charge >= 0.3 is 5.97 Å². The van der Waals surface area contributed by atoms with E-state index in [0.717, 1.165) is 16.7 Å². The van der Waals surface area contributed by atoms with Gasteiger partial charge in [-0.25, -0.2) is 0 Å². The normalized spacial score (nSPS) is 16.3. The molecule has 2 aromatic rings. The van der Waals surface area contributed by atoms with E-state index in [-0.39, 0.29) is 29.5 Å². The molecule has 0 heterocycles. The average molecular weight is 424 g/mol. The van der Waals surface area contributed by atoms with E-state index < -0.39 is 15.8 Å². The van der Waals surface area contributed by atoms with Crippen LogP contribution in [0.3, 0.4) is 0 Å². The van der Waals surface area contributed by atoms with Crippen LogP contribution in [0.4, 0.5) is 11.4 Å². The lowest BCUT2D eigenvalue weighted by atomic mass is 10.0. The minimum Gasteiger partial charge on any atom is -0.481 e. The molecule has 9 nitrogen and oxygen atoms in total. The van der Waals surface area contributed by atoms with Crippen LogP contribution in [-0.2, 0) is 17.6 Å². The van der Waals surface area contributed by atoms with Crippen LogP contribution >= 0.6 is 0 Å². The lowest BCUT2D eigenvalue weighted by Crippen LogP contribution is -2.03. The topological polar surface area (TPSA) is 141 Å². The molecule has 4 rings (SSSR count). The molecule has 2 aliphatic rings. The molecule has 2 aliphatic carbocycles. The molecule has 31 heavy (non-hydrogen) atoms. The monoisotopic (exact) mass is 424 g/mol. The number of allylic oxidation sites excluding steroid dienone is 1. The van der Waals surface area contributed by atoms with E-state index >= 15 is 0 Å². The Morgan fingerprint density at radius 2 is 1.58 bits per heavy atom. The van der Waals surface area contributed by atoms with Gasteiger partial charge in [0, 0.05) is 35.7 Å². The highest BCUT2D eigenvalue weighted by molar-refractivity contribution is 6.02. The molecular weight excluding hydrogens is 404 g/mol. The summed E-state index contributed by atoms with van der Waals surface area (Å²) in [4.78, 5) is 42.5. The molecule has 0 aliphatic heterocycles. The van der Waals surface area contributed by atoms with E-state index in [0.29, 0.717) is 29.5 Å². The van der Waals surface area contributed by atoms with Gasteiger partial charge in [-0.3, -0.25) is 29.8 Å². The second kappa shape index (κ2) is 8.47. The van der Waals surface area contributed by atoms with Crippen molar-refractivity contribution in [3.8, 4) is 0 Å². The quantitative estimate of drug-likeness (QED) is 0.567. The van der Waals surface area contributed by atoms with Crippen molar-refractivity contribution >= 4 is 28.7 Å².